The quantitative estimate of drug-likeness (QED) is 0.0838. The Morgan fingerprint density at radius 2 is 1.83 bits per heavy atom. The Labute approximate surface area is 285 Å². The van der Waals surface area contributed by atoms with E-state index in [9.17, 15) is 19.5 Å². The Balaban J connectivity index is 2.00. The number of cyclic esters (lactones) is 1. The molecule has 0 radical (unpaired) electrons. The van der Waals surface area contributed by atoms with Gasteiger partial charge in [0.1, 0.15) is 18.1 Å². The van der Waals surface area contributed by atoms with E-state index in [4.69, 9.17) is 29.2 Å². The number of Topliss-reactive ketones (excluding diaryl/α,β-unsaturated/α-hetero) is 1. The normalized spacial score (nSPS) is 40.1. The Kier molecular flexibility index (Phi) is 14.1. The molecule has 0 bridgehead atoms. The number of azide groups is 1. The number of fused-ring (bicyclic) bond motifs is 1. The zero-order valence-electron chi connectivity index (χ0n) is 30.6. The lowest BCUT2D eigenvalue weighted by atomic mass is 9.76. The van der Waals surface area contributed by atoms with E-state index in [1.165, 1.54) is 6.92 Å². The van der Waals surface area contributed by atoms with Crippen molar-refractivity contribution in [1.82, 2.24) is 9.80 Å². The third-order valence-electron chi connectivity index (χ3n) is 10.9. The smallest absolute Gasteiger partial charge is 0.410 e. The number of aliphatic hydroxyl groups excluding tert-OH is 1. The van der Waals surface area contributed by atoms with Crippen LogP contribution in [0.25, 0.3) is 10.4 Å². The van der Waals surface area contributed by atoms with Crippen LogP contribution in [0.4, 0.5) is 4.79 Å². The lowest BCUT2D eigenvalue weighted by Crippen LogP contribution is -2.59. The second-order valence-electron chi connectivity index (χ2n) is 14.6. The molecule has 3 aliphatic heterocycles. The van der Waals surface area contributed by atoms with Crippen LogP contribution in [0, 0.1) is 17.8 Å². The summed E-state index contributed by atoms with van der Waals surface area (Å²) in [6.07, 6.45) is -0.315. The van der Waals surface area contributed by atoms with Gasteiger partial charge in [0.2, 0.25) is 0 Å². The third-order valence-corrected chi connectivity index (χ3v) is 10.9. The second-order valence-corrected chi connectivity index (χ2v) is 14.6. The van der Waals surface area contributed by atoms with Crippen molar-refractivity contribution in [2.24, 2.45) is 22.9 Å². The van der Waals surface area contributed by atoms with Crippen molar-refractivity contribution in [3.63, 3.8) is 0 Å². The Bertz CT molecular complexity index is 1170. The number of likely N-dealkylation sites (N-methyl/N-ethyl adjacent to an activating group) is 1. The molecule has 3 fully saturated rings. The number of hydrogen-bond acceptors (Lipinski definition) is 11. The number of ether oxygens (including phenoxy) is 5. The molecule has 14 heteroatoms. The zero-order valence-corrected chi connectivity index (χ0v) is 30.6. The molecule has 0 aromatic heterocycles. The number of hydrogen-bond donors (Lipinski definition) is 1. The highest BCUT2D eigenvalue weighted by Crippen LogP contribution is 2.43. The molecule has 3 aliphatic rings. The number of methoxy groups -OCH3 is 1. The molecule has 2 unspecified atom stereocenters. The van der Waals surface area contributed by atoms with Crippen LogP contribution in [0.5, 0.6) is 0 Å². The highest BCUT2D eigenvalue weighted by Gasteiger charge is 2.58. The molecule has 1 amide bonds. The maximum absolute atomic E-state index is 14.1. The minimum absolute atomic E-state index is 0.0728. The molecule has 3 saturated heterocycles. The van der Waals surface area contributed by atoms with Crippen molar-refractivity contribution < 1.29 is 43.2 Å². The summed E-state index contributed by atoms with van der Waals surface area (Å²) in [5.74, 6) is -3.14. The monoisotopic (exact) mass is 681 g/mol. The van der Waals surface area contributed by atoms with Gasteiger partial charge >= 0.3 is 12.1 Å². The first-order valence-electron chi connectivity index (χ1n) is 17.5. The van der Waals surface area contributed by atoms with E-state index in [2.05, 4.69) is 16.9 Å². The number of ketones is 1. The molecule has 0 aromatic carbocycles. The first kappa shape index (κ1) is 40.0. The number of aliphatic hydroxyl groups is 1. The summed E-state index contributed by atoms with van der Waals surface area (Å²) in [5.41, 5.74) is 6.48. The van der Waals surface area contributed by atoms with E-state index in [0.717, 1.165) is 0 Å². The lowest BCUT2D eigenvalue weighted by molar-refractivity contribution is -0.294. The minimum Gasteiger partial charge on any atom is -0.458 e. The lowest BCUT2D eigenvalue weighted by Gasteiger charge is -2.46. The molecule has 0 spiro atoms. The molecule has 0 saturated carbocycles. The molecule has 14 nitrogen and oxygen atoms in total. The minimum atomic E-state index is -1.16. The first-order chi connectivity index (χ1) is 22.6. The molecule has 1 N–H and O–H groups in total. The third kappa shape index (κ3) is 8.62. The van der Waals surface area contributed by atoms with Gasteiger partial charge < -0.3 is 38.6 Å². The highest BCUT2D eigenvalue weighted by molar-refractivity contribution is 6.00. The summed E-state index contributed by atoms with van der Waals surface area (Å²) in [5, 5.41) is 14.9. The standard InChI is InChI=1S/C34H59N5O9/c1-11-25-34(7)28(39(32(43)48-34)18-13-12-17-36-37-35)20(2)15-14-16-33(6,44-10)29(22(4)26(40)23(5)30(42)46-25)47-31-27(41)24(38(8)9)19-21(3)45-31/h20-25,27-29,31,41H,11-19H2,1-10H3/t20-,21+,22-,23+,24?,25+,27?,28+,29+,31-,33+,34+/m0/s1. The van der Waals surface area contributed by atoms with Gasteiger partial charge in [0.15, 0.2) is 17.7 Å². The largest absolute Gasteiger partial charge is 0.458 e. The van der Waals surface area contributed by atoms with Crippen molar-refractivity contribution in [2.75, 3.05) is 34.3 Å². The maximum atomic E-state index is 14.1. The molecule has 48 heavy (non-hydrogen) atoms. The van der Waals surface area contributed by atoms with Crippen LogP contribution in [-0.2, 0) is 33.3 Å². The number of carbonyl (C=O) groups is 3. The molecule has 0 aliphatic carbocycles. The van der Waals surface area contributed by atoms with E-state index in [1.54, 1.807) is 18.9 Å². The van der Waals surface area contributed by atoms with Gasteiger partial charge in [0.25, 0.3) is 0 Å². The van der Waals surface area contributed by atoms with Gasteiger partial charge in [-0.15, -0.1) is 0 Å². The average Bonchev–Trinajstić information content (AvgIpc) is 3.30. The summed E-state index contributed by atoms with van der Waals surface area (Å²) in [7, 11) is 5.37. The summed E-state index contributed by atoms with van der Waals surface area (Å²) >= 11 is 0. The van der Waals surface area contributed by atoms with Crippen molar-refractivity contribution in [1.29, 1.82) is 0 Å². The van der Waals surface area contributed by atoms with E-state index in [1.807, 2.05) is 46.7 Å². The molecular weight excluding hydrogens is 622 g/mol. The van der Waals surface area contributed by atoms with Crippen molar-refractivity contribution in [3.8, 4) is 0 Å². The predicted octanol–water partition coefficient (Wildman–Crippen LogP) is 4.86. The number of esters is 1. The van der Waals surface area contributed by atoms with E-state index < -0.39 is 65.7 Å². The van der Waals surface area contributed by atoms with Gasteiger partial charge in [-0.2, -0.15) is 0 Å². The van der Waals surface area contributed by atoms with Gasteiger partial charge in [0, 0.05) is 37.1 Å². The fourth-order valence-corrected chi connectivity index (χ4v) is 7.99. The summed E-state index contributed by atoms with van der Waals surface area (Å²) in [6.45, 7) is 13.5. The highest BCUT2D eigenvalue weighted by atomic mass is 16.7. The second kappa shape index (κ2) is 17.0. The fourth-order valence-electron chi connectivity index (χ4n) is 7.99. The van der Waals surface area contributed by atoms with Gasteiger partial charge in [-0.1, -0.05) is 32.3 Å². The van der Waals surface area contributed by atoms with Gasteiger partial charge in [-0.3, -0.25) is 9.59 Å². The zero-order chi connectivity index (χ0) is 36.0. The first-order valence-corrected chi connectivity index (χ1v) is 17.5. The van der Waals surface area contributed by atoms with Gasteiger partial charge in [-0.05, 0) is 91.8 Å². The van der Waals surface area contributed by atoms with E-state index in [0.29, 0.717) is 58.0 Å². The Morgan fingerprint density at radius 3 is 2.44 bits per heavy atom. The Hall–Kier alpha value is -2.48. The summed E-state index contributed by atoms with van der Waals surface area (Å²) in [6, 6.07) is -0.642. The molecule has 3 heterocycles. The SMILES string of the molecule is CC[C@H]1OC(=O)[C@H](C)C(=O)[C@H](C)[C@@H](O[C@@H]2O[C@H](C)CC(N(C)C)C2O)[C@](C)(OC)CCC[C@H](C)[C@H]2N(CCCCN=[N+]=[N-])C(=O)O[C@]12C. The topological polar surface area (TPSA) is 173 Å². The predicted molar refractivity (Wildman–Crippen MR) is 178 cm³/mol. The van der Waals surface area contributed by atoms with Crippen molar-refractivity contribution in [2.45, 2.75) is 147 Å². The van der Waals surface area contributed by atoms with Crippen LogP contribution in [0.1, 0.15) is 93.4 Å². The molecular formula is C34H59N5O9. The van der Waals surface area contributed by atoms with Crippen molar-refractivity contribution >= 4 is 17.8 Å². The Morgan fingerprint density at radius 1 is 1.15 bits per heavy atom. The van der Waals surface area contributed by atoms with Crippen LogP contribution in [0.2, 0.25) is 0 Å². The van der Waals surface area contributed by atoms with Gasteiger partial charge in [0.05, 0.1) is 23.9 Å². The average molecular weight is 682 g/mol. The summed E-state index contributed by atoms with van der Waals surface area (Å²) < 4.78 is 31.0. The van der Waals surface area contributed by atoms with Crippen LogP contribution >= 0.6 is 0 Å². The number of rotatable bonds is 10. The summed E-state index contributed by atoms with van der Waals surface area (Å²) in [4.78, 5) is 47.7. The van der Waals surface area contributed by atoms with Crippen molar-refractivity contribution in [3.05, 3.63) is 10.4 Å². The number of unbranched alkanes of at least 4 members (excludes halogenated alkanes) is 1. The van der Waals surface area contributed by atoms with Crippen LogP contribution in [-0.4, -0.2) is 121 Å². The molecule has 12 atom stereocenters. The van der Waals surface area contributed by atoms with E-state index >= 15 is 0 Å². The van der Waals surface area contributed by atoms with E-state index in [-0.39, 0.29) is 23.8 Å². The fraction of sp³-hybridized carbons (Fsp3) is 0.912. The maximum Gasteiger partial charge on any atom is 0.410 e. The molecule has 274 valence electrons. The van der Waals surface area contributed by atoms with Crippen LogP contribution < -0.4 is 0 Å². The molecule has 3 rings (SSSR count). The number of nitrogens with zero attached hydrogens (tertiary/aromatic N) is 5. The van der Waals surface area contributed by atoms with Crippen LogP contribution in [0.15, 0.2) is 5.11 Å². The molecule has 0 aromatic rings. The van der Waals surface area contributed by atoms with Gasteiger partial charge in [-0.25, -0.2) is 4.79 Å². The number of carbonyl (C=O) groups excluding carboxylic acids is 3. The van der Waals surface area contributed by atoms with Crippen LogP contribution in [0.3, 0.4) is 0 Å². The number of amides is 1.